The van der Waals surface area contributed by atoms with Crippen LogP contribution < -0.4 is 5.73 Å². The molecule has 1 aromatic carbocycles. The van der Waals surface area contributed by atoms with Crippen molar-refractivity contribution in [3.63, 3.8) is 0 Å². The molecule has 1 atom stereocenters. The lowest BCUT2D eigenvalue weighted by Gasteiger charge is -2.06. The second-order valence-electron chi connectivity index (χ2n) is 5.09. The zero-order valence-electron chi connectivity index (χ0n) is 10.1. The van der Waals surface area contributed by atoms with Crippen LogP contribution in [0.3, 0.4) is 0 Å². The van der Waals surface area contributed by atoms with Crippen molar-refractivity contribution in [3.8, 4) is 0 Å². The van der Waals surface area contributed by atoms with Crippen LogP contribution in [0.5, 0.6) is 0 Å². The van der Waals surface area contributed by atoms with E-state index in [1.54, 1.807) is 0 Å². The fourth-order valence-electron chi connectivity index (χ4n) is 2.75. The van der Waals surface area contributed by atoms with E-state index in [4.69, 9.17) is 10.3 Å². The molecule has 3 heteroatoms. The summed E-state index contributed by atoms with van der Waals surface area (Å²) in [4.78, 5) is 0. The average molecular weight is 230 g/mol. The first-order chi connectivity index (χ1) is 8.25. The fraction of sp³-hybridized carbons (Fsp3) is 0.500. The molecule has 1 aromatic heterocycles. The van der Waals surface area contributed by atoms with Gasteiger partial charge in [-0.05, 0) is 37.5 Å². The lowest BCUT2D eigenvalue weighted by molar-refractivity contribution is 0.436. The topological polar surface area (TPSA) is 52.0 Å². The van der Waals surface area contributed by atoms with E-state index in [9.17, 15) is 0 Å². The standard InChI is InChI=1S/C14H18N2O/c1-9(15)11-6-7-12-13(8-11)17-16-14(12)10-4-2-3-5-10/h6-10H,2-5,15H2,1H3. The summed E-state index contributed by atoms with van der Waals surface area (Å²) in [6.45, 7) is 1.98. The Morgan fingerprint density at radius 2 is 2.12 bits per heavy atom. The van der Waals surface area contributed by atoms with Crippen LogP contribution in [0, 0.1) is 0 Å². The number of nitrogens with two attached hydrogens (primary N) is 1. The number of rotatable bonds is 2. The van der Waals surface area contributed by atoms with Crippen LogP contribution in [0.15, 0.2) is 22.7 Å². The van der Waals surface area contributed by atoms with E-state index in [1.165, 1.54) is 31.1 Å². The highest BCUT2D eigenvalue weighted by molar-refractivity contribution is 5.80. The highest BCUT2D eigenvalue weighted by Gasteiger charge is 2.22. The van der Waals surface area contributed by atoms with Crippen LogP contribution in [0.2, 0.25) is 0 Å². The molecule has 1 unspecified atom stereocenters. The molecule has 0 spiro atoms. The third-order valence-corrected chi connectivity index (χ3v) is 3.79. The van der Waals surface area contributed by atoms with Gasteiger partial charge in [-0.15, -0.1) is 0 Å². The molecule has 1 aliphatic rings. The number of aromatic nitrogens is 1. The van der Waals surface area contributed by atoms with Gasteiger partial charge in [0.2, 0.25) is 0 Å². The molecule has 17 heavy (non-hydrogen) atoms. The second-order valence-corrected chi connectivity index (χ2v) is 5.09. The van der Waals surface area contributed by atoms with Gasteiger partial charge in [-0.3, -0.25) is 0 Å². The quantitative estimate of drug-likeness (QED) is 0.859. The molecule has 0 aliphatic heterocycles. The van der Waals surface area contributed by atoms with Crippen molar-refractivity contribution in [2.75, 3.05) is 0 Å². The van der Waals surface area contributed by atoms with Gasteiger partial charge in [-0.1, -0.05) is 24.1 Å². The molecule has 1 saturated carbocycles. The van der Waals surface area contributed by atoms with Gasteiger partial charge < -0.3 is 10.3 Å². The normalized spacial score (nSPS) is 18.9. The Bertz CT molecular complexity index is 524. The Balaban J connectivity index is 2.04. The lowest BCUT2D eigenvalue weighted by Crippen LogP contribution is -2.04. The van der Waals surface area contributed by atoms with Gasteiger partial charge >= 0.3 is 0 Å². The Hall–Kier alpha value is -1.35. The summed E-state index contributed by atoms with van der Waals surface area (Å²) in [5.74, 6) is 0.595. The van der Waals surface area contributed by atoms with Gasteiger partial charge in [-0.2, -0.15) is 0 Å². The van der Waals surface area contributed by atoms with E-state index >= 15 is 0 Å². The Labute approximate surface area is 101 Å². The molecule has 1 aliphatic carbocycles. The molecule has 0 saturated heterocycles. The molecular formula is C14H18N2O. The van der Waals surface area contributed by atoms with E-state index in [-0.39, 0.29) is 6.04 Å². The maximum Gasteiger partial charge on any atom is 0.167 e. The largest absolute Gasteiger partial charge is 0.356 e. The van der Waals surface area contributed by atoms with E-state index in [1.807, 2.05) is 13.0 Å². The summed E-state index contributed by atoms with van der Waals surface area (Å²) in [6, 6.07) is 6.26. The first-order valence-corrected chi connectivity index (χ1v) is 6.40. The number of benzene rings is 1. The van der Waals surface area contributed by atoms with Gasteiger partial charge in [0.25, 0.3) is 0 Å². The van der Waals surface area contributed by atoms with Crippen molar-refractivity contribution < 1.29 is 4.52 Å². The zero-order chi connectivity index (χ0) is 11.8. The summed E-state index contributed by atoms with van der Waals surface area (Å²) in [5, 5.41) is 5.43. The SMILES string of the molecule is CC(N)c1ccc2c(C3CCCC3)noc2c1. The molecule has 0 radical (unpaired) electrons. The first kappa shape index (κ1) is 10.8. The van der Waals surface area contributed by atoms with Crippen LogP contribution in [0.4, 0.5) is 0 Å². The van der Waals surface area contributed by atoms with Crippen LogP contribution in [-0.2, 0) is 0 Å². The summed E-state index contributed by atoms with van der Waals surface area (Å²) in [7, 11) is 0. The summed E-state index contributed by atoms with van der Waals surface area (Å²) in [5.41, 5.74) is 9.00. The molecule has 90 valence electrons. The van der Waals surface area contributed by atoms with Crippen molar-refractivity contribution in [1.29, 1.82) is 0 Å². The van der Waals surface area contributed by atoms with Gasteiger partial charge in [0.05, 0.1) is 5.69 Å². The number of hydrogen-bond donors (Lipinski definition) is 1. The zero-order valence-corrected chi connectivity index (χ0v) is 10.1. The van der Waals surface area contributed by atoms with E-state index in [2.05, 4.69) is 17.3 Å². The Morgan fingerprint density at radius 3 is 2.82 bits per heavy atom. The van der Waals surface area contributed by atoms with Crippen LogP contribution in [0.25, 0.3) is 11.0 Å². The minimum Gasteiger partial charge on any atom is -0.356 e. The minimum atomic E-state index is 0.0411. The minimum absolute atomic E-state index is 0.0411. The summed E-state index contributed by atoms with van der Waals surface area (Å²) < 4.78 is 5.45. The molecule has 3 nitrogen and oxygen atoms in total. The fourth-order valence-corrected chi connectivity index (χ4v) is 2.75. The highest BCUT2D eigenvalue weighted by atomic mass is 16.5. The summed E-state index contributed by atoms with van der Waals surface area (Å²) >= 11 is 0. The molecule has 0 bridgehead atoms. The van der Waals surface area contributed by atoms with Gasteiger partial charge in [-0.25, -0.2) is 0 Å². The molecule has 2 N–H and O–H groups in total. The first-order valence-electron chi connectivity index (χ1n) is 6.40. The van der Waals surface area contributed by atoms with Crippen LogP contribution in [0.1, 0.15) is 55.8 Å². The van der Waals surface area contributed by atoms with E-state index in [0.29, 0.717) is 5.92 Å². The predicted octanol–water partition coefficient (Wildman–Crippen LogP) is 3.51. The van der Waals surface area contributed by atoms with Crippen molar-refractivity contribution in [2.45, 2.75) is 44.6 Å². The smallest absolute Gasteiger partial charge is 0.167 e. The van der Waals surface area contributed by atoms with E-state index in [0.717, 1.165) is 16.8 Å². The van der Waals surface area contributed by atoms with Crippen molar-refractivity contribution in [3.05, 3.63) is 29.5 Å². The molecule has 1 fully saturated rings. The summed E-state index contributed by atoms with van der Waals surface area (Å²) in [6.07, 6.45) is 5.13. The third-order valence-electron chi connectivity index (χ3n) is 3.79. The molecule has 2 aromatic rings. The van der Waals surface area contributed by atoms with Crippen molar-refractivity contribution in [1.82, 2.24) is 5.16 Å². The van der Waals surface area contributed by atoms with Crippen molar-refractivity contribution in [2.24, 2.45) is 5.73 Å². The number of nitrogens with zero attached hydrogens (tertiary/aromatic N) is 1. The molecule has 3 rings (SSSR count). The van der Waals surface area contributed by atoms with Crippen LogP contribution >= 0.6 is 0 Å². The lowest BCUT2D eigenvalue weighted by atomic mass is 9.99. The molecule has 0 amide bonds. The number of hydrogen-bond acceptors (Lipinski definition) is 3. The third kappa shape index (κ3) is 1.84. The predicted molar refractivity (Wildman–Crippen MR) is 67.8 cm³/mol. The highest BCUT2D eigenvalue weighted by Crippen LogP contribution is 2.37. The Kier molecular flexibility index (Phi) is 2.63. The van der Waals surface area contributed by atoms with Gasteiger partial charge in [0.15, 0.2) is 5.58 Å². The van der Waals surface area contributed by atoms with Gasteiger partial charge in [0.1, 0.15) is 0 Å². The maximum absolute atomic E-state index is 5.87. The molecular weight excluding hydrogens is 212 g/mol. The molecule has 1 heterocycles. The van der Waals surface area contributed by atoms with Crippen molar-refractivity contribution >= 4 is 11.0 Å². The van der Waals surface area contributed by atoms with E-state index < -0.39 is 0 Å². The average Bonchev–Trinajstić information content (AvgIpc) is 2.96. The van der Waals surface area contributed by atoms with Gasteiger partial charge in [0, 0.05) is 17.3 Å². The Morgan fingerprint density at radius 1 is 1.35 bits per heavy atom. The monoisotopic (exact) mass is 230 g/mol. The second kappa shape index (κ2) is 4.15. The van der Waals surface area contributed by atoms with Crippen LogP contribution in [-0.4, -0.2) is 5.16 Å². The number of fused-ring (bicyclic) bond motifs is 1. The maximum atomic E-state index is 5.87.